The minimum absolute atomic E-state index is 0.225. The third-order valence-corrected chi connectivity index (χ3v) is 3.67. The number of carbonyl (C=O) groups is 1. The lowest BCUT2D eigenvalue weighted by Gasteiger charge is -2.22. The summed E-state index contributed by atoms with van der Waals surface area (Å²) in [7, 11) is 0. The van der Waals surface area contributed by atoms with E-state index in [-0.39, 0.29) is 18.2 Å². The number of hydrogen-bond acceptors (Lipinski definition) is 3. The maximum atomic E-state index is 12.4. The van der Waals surface area contributed by atoms with Gasteiger partial charge in [0.25, 0.3) is 11.5 Å². The molecule has 0 aromatic carbocycles. The van der Waals surface area contributed by atoms with Gasteiger partial charge in [0.1, 0.15) is 0 Å². The van der Waals surface area contributed by atoms with Crippen molar-refractivity contribution in [2.45, 2.75) is 39.3 Å². The Balaban J connectivity index is 2.20. The molecule has 1 heterocycles. The van der Waals surface area contributed by atoms with E-state index in [4.69, 9.17) is 0 Å². The lowest BCUT2D eigenvalue weighted by molar-refractivity contribution is -0.136. The zero-order valence-electron chi connectivity index (χ0n) is 12.5. The lowest BCUT2D eigenvalue weighted by atomic mass is 10.2. The van der Waals surface area contributed by atoms with Crippen molar-refractivity contribution in [3.63, 3.8) is 0 Å². The Kier molecular flexibility index (Phi) is 4.58. The van der Waals surface area contributed by atoms with Gasteiger partial charge in [-0.05, 0) is 32.6 Å². The Bertz CT molecular complexity index is 621. The summed E-state index contributed by atoms with van der Waals surface area (Å²) in [6.45, 7) is 3.06. The predicted molar refractivity (Wildman–Crippen MR) is 73.6 cm³/mol. The van der Waals surface area contributed by atoms with E-state index in [9.17, 15) is 22.8 Å². The van der Waals surface area contributed by atoms with Crippen molar-refractivity contribution in [2.24, 2.45) is 5.92 Å². The molecule has 1 saturated carbocycles. The molecular weight excluding hydrogens is 299 g/mol. The van der Waals surface area contributed by atoms with Crippen molar-refractivity contribution >= 4 is 5.91 Å². The number of aromatic nitrogens is 2. The highest BCUT2D eigenvalue weighted by atomic mass is 19.4. The predicted octanol–water partition coefficient (Wildman–Crippen LogP) is 2.19. The summed E-state index contributed by atoms with van der Waals surface area (Å²) in [5.74, 6) is -0.511. The van der Waals surface area contributed by atoms with E-state index >= 15 is 0 Å². The number of aryl methyl sites for hydroxylation is 2. The highest BCUT2D eigenvalue weighted by Crippen LogP contribution is 2.30. The van der Waals surface area contributed by atoms with E-state index < -0.39 is 30.6 Å². The van der Waals surface area contributed by atoms with Crippen molar-refractivity contribution in [3.8, 4) is 0 Å². The number of carbonyl (C=O) groups excluding carboxylic acids is 1. The fraction of sp³-hybridized carbons (Fsp3) is 0.643. The summed E-state index contributed by atoms with van der Waals surface area (Å²) in [5, 5.41) is 0. The van der Waals surface area contributed by atoms with E-state index in [0.29, 0.717) is 11.4 Å². The van der Waals surface area contributed by atoms with Crippen molar-refractivity contribution in [1.29, 1.82) is 0 Å². The number of amides is 1. The number of halogens is 3. The average Bonchev–Trinajstić information content (AvgIpc) is 3.21. The van der Waals surface area contributed by atoms with Crippen molar-refractivity contribution in [3.05, 3.63) is 27.4 Å². The maximum absolute atomic E-state index is 12.4. The zero-order chi connectivity index (χ0) is 16.5. The molecule has 1 aromatic rings. The smallest absolute Gasteiger partial charge is 0.337 e. The monoisotopic (exact) mass is 317 g/mol. The van der Waals surface area contributed by atoms with E-state index in [2.05, 4.69) is 9.97 Å². The molecule has 1 aliphatic rings. The van der Waals surface area contributed by atoms with Crippen LogP contribution in [-0.4, -0.2) is 40.0 Å². The molecule has 8 heteroatoms. The maximum Gasteiger partial charge on any atom is 0.390 e. The van der Waals surface area contributed by atoms with Gasteiger partial charge >= 0.3 is 6.18 Å². The van der Waals surface area contributed by atoms with Crippen LogP contribution < -0.4 is 5.56 Å². The molecular formula is C14H18F3N3O2. The van der Waals surface area contributed by atoms with Gasteiger partial charge in [0.2, 0.25) is 0 Å². The molecule has 1 amide bonds. The number of hydrogen-bond donors (Lipinski definition) is 1. The summed E-state index contributed by atoms with van der Waals surface area (Å²) in [6, 6.07) is 0. The van der Waals surface area contributed by atoms with E-state index in [1.54, 1.807) is 13.8 Å². The van der Waals surface area contributed by atoms with Gasteiger partial charge in [0, 0.05) is 18.8 Å². The van der Waals surface area contributed by atoms with Crippen LogP contribution in [0.1, 0.15) is 41.1 Å². The first-order valence-electron chi connectivity index (χ1n) is 7.11. The fourth-order valence-corrected chi connectivity index (χ4v) is 2.07. The van der Waals surface area contributed by atoms with Gasteiger partial charge in [-0.1, -0.05) is 0 Å². The molecule has 0 aliphatic heterocycles. The first-order valence-corrected chi connectivity index (χ1v) is 7.11. The largest absolute Gasteiger partial charge is 0.390 e. The lowest BCUT2D eigenvalue weighted by Crippen LogP contribution is -2.39. The molecule has 0 bridgehead atoms. The van der Waals surface area contributed by atoms with Gasteiger partial charge < -0.3 is 9.88 Å². The van der Waals surface area contributed by atoms with Crippen LogP contribution in [0.2, 0.25) is 0 Å². The molecule has 5 nitrogen and oxygen atoms in total. The Labute approximate surface area is 125 Å². The number of aromatic amines is 1. The molecule has 0 unspecified atom stereocenters. The van der Waals surface area contributed by atoms with Crippen LogP contribution in [0.15, 0.2) is 4.79 Å². The van der Waals surface area contributed by atoms with E-state index in [1.165, 1.54) is 0 Å². The number of nitrogens with one attached hydrogen (secondary N) is 1. The third-order valence-electron chi connectivity index (χ3n) is 3.67. The topological polar surface area (TPSA) is 66.1 Å². The van der Waals surface area contributed by atoms with Crippen molar-refractivity contribution in [1.82, 2.24) is 14.9 Å². The normalized spacial score (nSPS) is 15.0. The molecule has 22 heavy (non-hydrogen) atoms. The van der Waals surface area contributed by atoms with Crippen LogP contribution in [0, 0.1) is 19.8 Å². The Morgan fingerprint density at radius 3 is 2.55 bits per heavy atom. The van der Waals surface area contributed by atoms with Gasteiger partial charge in [-0.3, -0.25) is 9.59 Å². The SMILES string of the molecule is Cc1nc(C(=O)N(CCC(F)(F)F)CC2CC2)c(=O)[nH]c1C. The van der Waals surface area contributed by atoms with Crippen LogP contribution in [-0.2, 0) is 0 Å². The Morgan fingerprint density at radius 1 is 1.36 bits per heavy atom. The third kappa shape index (κ3) is 4.32. The summed E-state index contributed by atoms with van der Waals surface area (Å²) < 4.78 is 37.2. The quantitative estimate of drug-likeness (QED) is 0.905. The van der Waals surface area contributed by atoms with Gasteiger partial charge in [-0.2, -0.15) is 13.2 Å². The number of nitrogens with zero attached hydrogens (tertiary/aromatic N) is 2. The molecule has 1 aromatic heterocycles. The minimum atomic E-state index is -4.34. The van der Waals surface area contributed by atoms with Crippen LogP contribution in [0.4, 0.5) is 13.2 Å². The molecule has 0 radical (unpaired) electrons. The minimum Gasteiger partial charge on any atom is -0.337 e. The summed E-state index contributed by atoms with van der Waals surface area (Å²) in [6.07, 6.45) is -3.64. The molecule has 2 rings (SSSR count). The second-order valence-electron chi connectivity index (χ2n) is 5.68. The molecule has 0 spiro atoms. The first kappa shape index (κ1) is 16.5. The highest BCUT2D eigenvalue weighted by molar-refractivity contribution is 5.92. The number of rotatable bonds is 5. The van der Waals surface area contributed by atoms with Crippen LogP contribution in [0.3, 0.4) is 0 Å². The first-order chi connectivity index (χ1) is 10.2. The van der Waals surface area contributed by atoms with E-state index in [0.717, 1.165) is 17.7 Å². The fourth-order valence-electron chi connectivity index (χ4n) is 2.07. The van der Waals surface area contributed by atoms with E-state index in [1.807, 2.05) is 0 Å². The van der Waals surface area contributed by atoms with Crippen LogP contribution in [0.5, 0.6) is 0 Å². The Hall–Kier alpha value is -1.86. The molecule has 1 fully saturated rings. The zero-order valence-corrected chi connectivity index (χ0v) is 12.5. The molecule has 1 N–H and O–H groups in total. The standard InChI is InChI=1S/C14H18F3N3O2/c1-8-9(2)19-12(21)11(18-8)13(22)20(7-10-3-4-10)6-5-14(15,16)17/h10H,3-7H2,1-2H3,(H,19,21). The highest BCUT2D eigenvalue weighted by Gasteiger charge is 2.33. The summed E-state index contributed by atoms with van der Waals surface area (Å²) in [4.78, 5) is 31.8. The van der Waals surface area contributed by atoms with Crippen molar-refractivity contribution in [2.75, 3.05) is 13.1 Å². The molecule has 122 valence electrons. The van der Waals surface area contributed by atoms with Gasteiger partial charge in [-0.15, -0.1) is 0 Å². The second kappa shape index (κ2) is 6.10. The molecule has 1 aliphatic carbocycles. The Morgan fingerprint density at radius 2 is 2.00 bits per heavy atom. The van der Waals surface area contributed by atoms with Crippen molar-refractivity contribution < 1.29 is 18.0 Å². The average molecular weight is 317 g/mol. The number of H-pyrrole nitrogens is 1. The number of alkyl halides is 3. The molecule has 0 saturated heterocycles. The van der Waals surface area contributed by atoms with Crippen LogP contribution >= 0.6 is 0 Å². The second-order valence-corrected chi connectivity index (χ2v) is 5.68. The summed E-state index contributed by atoms with van der Waals surface area (Å²) in [5.41, 5.74) is 0.00237. The summed E-state index contributed by atoms with van der Waals surface area (Å²) >= 11 is 0. The van der Waals surface area contributed by atoms with Crippen LogP contribution in [0.25, 0.3) is 0 Å². The van der Waals surface area contributed by atoms with Gasteiger partial charge in [-0.25, -0.2) is 4.98 Å². The van der Waals surface area contributed by atoms with Gasteiger partial charge in [0.15, 0.2) is 5.69 Å². The molecule has 0 atom stereocenters. The van der Waals surface area contributed by atoms with Gasteiger partial charge in [0.05, 0.1) is 12.1 Å².